The van der Waals surface area contributed by atoms with Gasteiger partial charge in [-0.3, -0.25) is 0 Å². The van der Waals surface area contributed by atoms with Gasteiger partial charge in [-0.2, -0.15) is 0 Å². The molecule has 2 N–H and O–H groups in total. The van der Waals surface area contributed by atoms with Crippen LogP contribution in [0, 0.1) is 12.8 Å². The lowest BCUT2D eigenvalue weighted by molar-refractivity contribution is 0.633. The second kappa shape index (κ2) is 6.22. The smallest absolute Gasteiger partial charge is 0.161 e. The monoisotopic (exact) mass is 397 g/mol. The van der Waals surface area contributed by atoms with Gasteiger partial charge in [-0.25, -0.2) is 9.97 Å². The highest BCUT2D eigenvalue weighted by Gasteiger charge is 2.13. The van der Waals surface area contributed by atoms with Crippen molar-refractivity contribution in [3.05, 3.63) is 38.4 Å². The van der Waals surface area contributed by atoms with Crippen molar-refractivity contribution in [3.63, 3.8) is 0 Å². The van der Waals surface area contributed by atoms with Crippen molar-refractivity contribution < 1.29 is 0 Å². The van der Waals surface area contributed by atoms with E-state index in [2.05, 4.69) is 62.6 Å². The van der Waals surface area contributed by atoms with Crippen LogP contribution < -0.4 is 5.73 Å². The molecular formula is C15H17Br2N3. The molecule has 1 aromatic carbocycles. The zero-order valence-electron chi connectivity index (χ0n) is 11.7. The Hall–Kier alpha value is -0.940. The molecule has 2 aromatic rings. The van der Waals surface area contributed by atoms with Crippen molar-refractivity contribution in [2.75, 3.05) is 5.73 Å². The van der Waals surface area contributed by atoms with Crippen LogP contribution in [0.15, 0.2) is 27.1 Å². The van der Waals surface area contributed by atoms with E-state index >= 15 is 0 Å². The van der Waals surface area contributed by atoms with Crippen LogP contribution >= 0.6 is 31.9 Å². The highest BCUT2D eigenvalue weighted by Crippen LogP contribution is 2.28. The Morgan fingerprint density at radius 1 is 1.20 bits per heavy atom. The van der Waals surface area contributed by atoms with Crippen LogP contribution in [0.4, 0.5) is 5.82 Å². The van der Waals surface area contributed by atoms with Crippen LogP contribution in [0.2, 0.25) is 0 Å². The molecule has 106 valence electrons. The van der Waals surface area contributed by atoms with E-state index in [1.165, 1.54) is 5.56 Å². The lowest BCUT2D eigenvalue weighted by Crippen LogP contribution is -2.05. The summed E-state index contributed by atoms with van der Waals surface area (Å²) >= 11 is 7.02. The summed E-state index contributed by atoms with van der Waals surface area (Å²) in [5.41, 5.74) is 9.10. The molecule has 0 spiro atoms. The minimum Gasteiger partial charge on any atom is -0.383 e. The summed E-state index contributed by atoms with van der Waals surface area (Å²) in [5.74, 6) is 1.67. The average molecular weight is 399 g/mol. The number of hydrogen-bond acceptors (Lipinski definition) is 3. The molecule has 5 heteroatoms. The molecule has 3 nitrogen and oxygen atoms in total. The van der Waals surface area contributed by atoms with Gasteiger partial charge in [0.15, 0.2) is 5.82 Å². The molecular weight excluding hydrogens is 382 g/mol. The van der Waals surface area contributed by atoms with Crippen LogP contribution in [0.25, 0.3) is 11.4 Å². The first kappa shape index (κ1) is 15.4. The lowest BCUT2D eigenvalue weighted by atomic mass is 10.1. The van der Waals surface area contributed by atoms with Crippen LogP contribution in [0.5, 0.6) is 0 Å². The van der Waals surface area contributed by atoms with Crippen molar-refractivity contribution in [1.29, 1.82) is 0 Å². The highest BCUT2D eigenvalue weighted by atomic mass is 79.9. The fourth-order valence-electron chi connectivity index (χ4n) is 1.90. The fraction of sp³-hybridized carbons (Fsp3) is 0.333. The molecule has 0 atom stereocenters. The van der Waals surface area contributed by atoms with Crippen molar-refractivity contribution in [3.8, 4) is 11.4 Å². The molecule has 0 bridgehead atoms. The second-order valence-electron chi connectivity index (χ2n) is 5.26. The van der Waals surface area contributed by atoms with Gasteiger partial charge in [-0.05, 0) is 46.8 Å². The third kappa shape index (κ3) is 3.38. The van der Waals surface area contributed by atoms with Gasteiger partial charge in [-0.15, -0.1) is 0 Å². The largest absolute Gasteiger partial charge is 0.383 e. The summed E-state index contributed by atoms with van der Waals surface area (Å²) in [4.78, 5) is 9.04. The topological polar surface area (TPSA) is 51.8 Å². The van der Waals surface area contributed by atoms with Crippen molar-refractivity contribution in [2.24, 2.45) is 5.92 Å². The van der Waals surface area contributed by atoms with Crippen LogP contribution in [0.1, 0.15) is 25.1 Å². The predicted octanol–water partition coefficient (Wildman–Crippen LogP) is 4.76. The van der Waals surface area contributed by atoms with Gasteiger partial charge >= 0.3 is 0 Å². The molecule has 1 heterocycles. The Kier molecular flexibility index (Phi) is 4.81. The Bertz CT molecular complexity index is 639. The maximum Gasteiger partial charge on any atom is 0.161 e. The lowest BCUT2D eigenvalue weighted by Gasteiger charge is -2.11. The Morgan fingerprint density at radius 3 is 2.50 bits per heavy atom. The first-order valence-corrected chi connectivity index (χ1v) is 8.05. The number of aromatic nitrogens is 2. The van der Waals surface area contributed by atoms with Gasteiger partial charge in [-0.1, -0.05) is 41.9 Å². The van der Waals surface area contributed by atoms with E-state index < -0.39 is 0 Å². The fourth-order valence-corrected chi connectivity index (χ4v) is 2.61. The number of benzene rings is 1. The first-order valence-electron chi connectivity index (χ1n) is 6.47. The van der Waals surface area contributed by atoms with Crippen LogP contribution in [-0.4, -0.2) is 9.97 Å². The molecule has 0 saturated heterocycles. The summed E-state index contributed by atoms with van der Waals surface area (Å²) in [6.07, 6.45) is 0.868. The Labute approximate surface area is 136 Å². The van der Waals surface area contributed by atoms with E-state index in [4.69, 9.17) is 5.73 Å². The quantitative estimate of drug-likeness (QED) is 0.810. The number of rotatable bonds is 3. The van der Waals surface area contributed by atoms with Crippen molar-refractivity contribution in [1.82, 2.24) is 9.97 Å². The number of nitrogens with two attached hydrogens (primary N) is 1. The second-order valence-corrected chi connectivity index (χ2v) is 6.90. The molecule has 0 unspecified atom stereocenters. The van der Waals surface area contributed by atoms with Crippen LogP contribution in [-0.2, 0) is 6.42 Å². The van der Waals surface area contributed by atoms with E-state index in [1.54, 1.807) is 0 Å². The molecule has 2 rings (SSSR count). The normalized spacial score (nSPS) is 11.1. The molecule has 0 saturated carbocycles. The molecule has 0 fully saturated rings. The van der Waals surface area contributed by atoms with Gasteiger partial charge in [0, 0.05) is 10.0 Å². The van der Waals surface area contributed by atoms with E-state index in [9.17, 15) is 0 Å². The molecule has 20 heavy (non-hydrogen) atoms. The minimum atomic E-state index is 0.488. The number of aryl methyl sites for hydroxylation is 1. The minimum absolute atomic E-state index is 0.488. The number of nitrogen functional groups attached to an aromatic ring is 1. The molecule has 0 amide bonds. The van der Waals surface area contributed by atoms with E-state index in [1.807, 2.05) is 18.2 Å². The average Bonchev–Trinajstić information content (AvgIpc) is 2.37. The summed E-state index contributed by atoms with van der Waals surface area (Å²) in [6.45, 7) is 6.37. The Balaban J connectivity index is 2.51. The zero-order valence-corrected chi connectivity index (χ0v) is 14.9. The molecule has 0 aliphatic carbocycles. The maximum absolute atomic E-state index is 5.99. The number of anilines is 1. The van der Waals surface area contributed by atoms with E-state index in [0.29, 0.717) is 17.6 Å². The summed E-state index contributed by atoms with van der Waals surface area (Å²) in [5, 5.41) is 0. The standard InChI is InChI=1S/C15H17Br2N3/c1-8(2)6-12-13(17)14(18)20-15(19-12)10-5-4-9(3)11(16)7-10/h4-5,7-8H,6H2,1-3H3,(H2,18,19,20). The van der Waals surface area contributed by atoms with Gasteiger partial charge in [0.25, 0.3) is 0 Å². The third-order valence-electron chi connectivity index (χ3n) is 2.98. The summed E-state index contributed by atoms with van der Waals surface area (Å²) in [7, 11) is 0. The van der Waals surface area contributed by atoms with E-state index in [0.717, 1.165) is 26.6 Å². The first-order chi connectivity index (χ1) is 9.38. The third-order valence-corrected chi connectivity index (χ3v) is 4.70. The molecule has 0 aliphatic heterocycles. The van der Waals surface area contributed by atoms with E-state index in [-0.39, 0.29) is 0 Å². The maximum atomic E-state index is 5.99. The number of halogens is 2. The summed E-state index contributed by atoms with van der Waals surface area (Å²) in [6, 6.07) is 6.09. The predicted molar refractivity (Wildman–Crippen MR) is 90.6 cm³/mol. The molecule has 0 aliphatic rings. The Morgan fingerprint density at radius 2 is 1.90 bits per heavy atom. The number of hydrogen-bond donors (Lipinski definition) is 1. The van der Waals surface area contributed by atoms with Crippen LogP contribution in [0.3, 0.4) is 0 Å². The van der Waals surface area contributed by atoms with Gasteiger partial charge in [0.1, 0.15) is 5.82 Å². The molecule has 1 aromatic heterocycles. The summed E-state index contributed by atoms with van der Waals surface area (Å²) < 4.78 is 1.85. The van der Waals surface area contributed by atoms with Gasteiger partial charge < -0.3 is 5.73 Å². The number of nitrogens with zero attached hydrogens (tertiary/aromatic N) is 2. The highest BCUT2D eigenvalue weighted by molar-refractivity contribution is 9.11. The zero-order chi connectivity index (χ0) is 14.9. The van der Waals surface area contributed by atoms with Crippen molar-refractivity contribution in [2.45, 2.75) is 27.2 Å². The van der Waals surface area contributed by atoms with Crippen molar-refractivity contribution >= 4 is 37.7 Å². The van der Waals surface area contributed by atoms with Gasteiger partial charge in [0.2, 0.25) is 0 Å². The van der Waals surface area contributed by atoms with Gasteiger partial charge in [0.05, 0.1) is 10.2 Å². The SMILES string of the molecule is Cc1ccc(-c2nc(N)c(Br)c(CC(C)C)n2)cc1Br. The molecule has 0 radical (unpaired) electrons.